The first-order chi connectivity index (χ1) is 19.6. The minimum atomic E-state index is -0.165. The summed E-state index contributed by atoms with van der Waals surface area (Å²) in [4.78, 5) is 33.9. The predicted molar refractivity (Wildman–Crippen MR) is 159 cm³/mol. The zero-order valence-electron chi connectivity index (χ0n) is 22.6. The fraction of sp³-hybridized carbons (Fsp3) is 0.250. The lowest BCUT2D eigenvalue weighted by Gasteiger charge is -2.25. The smallest absolute Gasteiger partial charge is 0.322 e. The number of anilines is 2. The molecule has 0 saturated heterocycles. The molecule has 0 aliphatic carbocycles. The standard InChI is InChI=1S/C32H34N6O2/c1-2-7-28(37-30-16-11-25(21-33)23-35-30)10-6-19-38(32(40)36-22-24-8-4-3-5-9-24)29-14-12-26(13-15-29)27-17-18-34-31(39)20-27/h3-5,8-9,11-18,20,23,28H,2,6-7,10,19,22H2,1H3,(H,34,39)(H,35,37)(H,36,40)/t28-/m0/s1. The molecular formula is C32H34N6O2. The van der Waals surface area contributed by atoms with Crippen LogP contribution in [0.5, 0.6) is 0 Å². The number of aromatic nitrogens is 2. The van der Waals surface area contributed by atoms with Gasteiger partial charge in [-0.15, -0.1) is 0 Å². The fourth-order valence-electron chi connectivity index (χ4n) is 4.56. The number of benzene rings is 2. The second-order valence-electron chi connectivity index (χ2n) is 9.60. The molecule has 40 heavy (non-hydrogen) atoms. The van der Waals surface area contributed by atoms with Crippen molar-refractivity contribution >= 4 is 17.5 Å². The molecule has 0 saturated carbocycles. The zero-order chi connectivity index (χ0) is 28.2. The normalized spacial score (nSPS) is 11.3. The molecule has 0 unspecified atom stereocenters. The highest BCUT2D eigenvalue weighted by Crippen LogP contribution is 2.23. The number of nitrogens with one attached hydrogen (secondary N) is 3. The quantitative estimate of drug-likeness (QED) is 0.204. The predicted octanol–water partition coefficient (Wildman–Crippen LogP) is 6.09. The van der Waals surface area contributed by atoms with Crippen LogP contribution in [-0.4, -0.2) is 28.6 Å². The van der Waals surface area contributed by atoms with Crippen LogP contribution < -0.4 is 21.1 Å². The molecule has 0 radical (unpaired) electrons. The van der Waals surface area contributed by atoms with Crippen LogP contribution in [0.25, 0.3) is 11.1 Å². The van der Waals surface area contributed by atoms with Gasteiger partial charge >= 0.3 is 6.03 Å². The van der Waals surface area contributed by atoms with Crippen molar-refractivity contribution in [1.82, 2.24) is 15.3 Å². The molecule has 2 aromatic heterocycles. The molecule has 0 fully saturated rings. The summed E-state index contributed by atoms with van der Waals surface area (Å²) in [6, 6.07) is 26.6. The first-order valence-corrected chi connectivity index (χ1v) is 13.6. The summed E-state index contributed by atoms with van der Waals surface area (Å²) < 4.78 is 0. The molecule has 2 heterocycles. The monoisotopic (exact) mass is 534 g/mol. The average molecular weight is 535 g/mol. The van der Waals surface area contributed by atoms with Gasteiger partial charge in [0.1, 0.15) is 11.9 Å². The van der Waals surface area contributed by atoms with Crippen LogP contribution in [-0.2, 0) is 6.54 Å². The Morgan fingerprint density at radius 3 is 2.50 bits per heavy atom. The molecule has 204 valence electrons. The van der Waals surface area contributed by atoms with Crippen LogP contribution in [0, 0.1) is 11.3 Å². The molecular weight excluding hydrogens is 500 g/mol. The van der Waals surface area contributed by atoms with Crippen molar-refractivity contribution < 1.29 is 4.79 Å². The van der Waals surface area contributed by atoms with Gasteiger partial charge in [0.2, 0.25) is 5.56 Å². The molecule has 8 nitrogen and oxygen atoms in total. The van der Waals surface area contributed by atoms with Crippen LogP contribution in [0.2, 0.25) is 0 Å². The SMILES string of the molecule is CCC[C@@H](CCCN(C(=O)NCc1ccccc1)c1ccc(-c2cc[nH]c(=O)c2)cc1)Nc1ccc(C#N)cn1. The number of carbonyl (C=O) groups excluding carboxylic acids is 1. The van der Waals surface area contributed by atoms with Gasteiger partial charge < -0.3 is 15.6 Å². The van der Waals surface area contributed by atoms with Gasteiger partial charge in [-0.3, -0.25) is 9.69 Å². The second-order valence-corrected chi connectivity index (χ2v) is 9.60. The Bertz CT molecular complexity index is 1460. The van der Waals surface area contributed by atoms with E-state index in [1.54, 1.807) is 29.4 Å². The summed E-state index contributed by atoms with van der Waals surface area (Å²) in [7, 11) is 0. The molecule has 1 atom stereocenters. The summed E-state index contributed by atoms with van der Waals surface area (Å²) in [6.07, 6.45) is 6.81. The maximum atomic E-state index is 13.4. The van der Waals surface area contributed by atoms with Crippen LogP contribution in [0.15, 0.2) is 96.1 Å². The summed E-state index contributed by atoms with van der Waals surface area (Å²) in [5.41, 5.74) is 3.91. The third-order valence-electron chi connectivity index (χ3n) is 6.64. The molecule has 4 aromatic rings. The Balaban J connectivity index is 1.46. The van der Waals surface area contributed by atoms with E-state index < -0.39 is 0 Å². The number of amides is 2. The number of rotatable bonds is 12. The highest BCUT2D eigenvalue weighted by Gasteiger charge is 2.17. The third-order valence-corrected chi connectivity index (χ3v) is 6.64. The molecule has 0 aliphatic rings. The van der Waals surface area contributed by atoms with Crippen LogP contribution in [0.4, 0.5) is 16.3 Å². The van der Waals surface area contributed by atoms with E-state index in [1.807, 2.05) is 66.7 Å². The average Bonchev–Trinajstić information content (AvgIpc) is 2.99. The number of carbonyl (C=O) groups is 1. The van der Waals surface area contributed by atoms with Gasteiger partial charge in [0, 0.05) is 43.3 Å². The van der Waals surface area contributed by atoms with Gasteiger partial charge in [-0.05, 0) is 66.3 Å². The van der Waals surface area contributed by atoms with Gasteiger partial charge in [0.15, 0.2) is 0 Å². The van der Waals surface area contributed by atoms with E-state index in [-0.39, 0.29) is 17.6 Å². The zero-order valence-corrected chi connectivity index (χ0v) is 22.6. The molecule has 0 bridgehead atoms. The van der Waals surface area contributed by atoms with E-state index in [1.165, 1.54) is 0 Å². The van der Waals surface area contributed by atoms with Crippen molar-refractivity contribution in [2.24, 2.45) is 0 Å². The highest BCUT2D eigenvalue weighted by atomic mass is 16.2. The number of nitriles is 1. The fourth-order valence-corrected chi connectivity index (χ4v) is 4.56. The molecule has 8 heteroatoms. The lowest BCUT2D eigenvalue weighted by Crippen LogP contribution is -2.40. The Hall–Kier alpha value is -4.90. The Morgan fingerprint density at radius 1 is 1.02 bits per heavy atom. The first-order valence-electron chi connectivity index (χ1n) is 13.6. The van der Waals surface area contributed by atoms with Gasteiger partial charge in [0.05, 0.1) is 5.56 Å². The number of hydrogen-bond acceptors (Lipinski definition) is 5. The highest BCUT2D eigenvalue weighted by molar-refractivity contribution is 5.92. The minimum Gasteiger partial charge on any atom is -0.367 e. The Labute approximate surface area is 234 Å². The van der Waals surface area contributed by atoms with Crippen LogP contribution >= 0.6 is 0 Å². The molecule has 2 amide bonds. The van der Waals surface area contributed by atoms with Gasteiger partial charge in [-0.1, -0.05) is 55.8 Å². The van der Waals surface area contributed by atoms with Crippen molar-refractivity contribution in [2.75, 3.05) is 16.8 Å². The minimum absolute atomic E-state index is 0.157. The topological polar surface area (TPSA) is 114 Å². The lowest BCUT2D eigenvalue weighted by atomic mass is 10.0. The molecule has 4 rings (SSSR count). The largest absolute Gasteiger partial charge is 0.367 e. The number of aromatic amines is 1. The second kappa shape index (κ2) is 14.3. The third kappa shape index (κ3) is 8.05. The van der Waals surface area contributed by atoms with E-state index in [0.29, 0.717) is 18.7 Å². The summed E-state index contributed by atoms with van der Waals surface area (Å²) >= 11 is 0. The van der Waals surface area contributed by atoms with Gasteiger partial charge in [-0.2, -0.15) is 5.26 Å². The lowest BCUT2D eigenvalue weighted by molar-refractivity contribution is 0.245. The van der Waals surface area contributed by atoms with E-state index in [2.05, 4.69) is 33.6 Å². The maximum absolute atomic E-state index is 13.4. The Kier molecular flexibility index (Phi) is 10.1. The maximum Gasteiger partial charge on any atom is 0.322 e. The Morgan fingerprint density at radius 2 is 1.82 bits per heavy atom. The number of hydrogen-bond donors (Lipinski definition) is 3. The van der Waals surface area contributed by atoms with Crippen LogP contribution in [0.1, 0.15) is 43.7 Å². The number of pyridine rings is 2. The van der Waals surface area contributed by atoms with Gasteiger partial charge in [-0.25, -0.2) is 9.78 Å². The number of H-pyrrole nitrogens is 1. The van der Waals surface area contributed by atoms with E-state index in [9.17, 15) is 9.59 Å². The van der Waals surface area contributed by atoms with Gasteiger partial charge in [0.25, 0.3) is 0 Å². The summed E-state index contributed by atoms with van der Waals surface area (Å²) in [5, 5.41) is 15.6. The van der Waals surface area contributed by atoms with Crippen molar-refractivity contribution in [3.8, 4) is 17.2 Å². The summed E-state index contributed by atoms with van der Waals surface area (Å²) in [5.74, 6) is 0.741. The van der Waals surface area contributed by atoms with Crippen molar-refractivity contribution in [1.29, 1.82) is 5.26 Å². The van der Waals surface area contributed by atoms with Crippen LogP contribution in [0.3, 0.4) is 0 Å². The number of nitrogens with zero attached hydrogens (tertiary/aromatic N) is 3. The number of urea groups is 1. The van der Waals surface area contributed by atoms with Crippen molar-refractivity contribution in [3.05, 3.63) is 113 Å². The molecule has 0 spiro atoms. The van der Waals surface area contributed by atoms with Crippen molar-refractivity contribution in [2.45, 2.75) is 45.2 Å². The first kappa shape index (κ1) is 28.1. The van der Waals surface area contributed by atoms with E-state index >= 15 is 0 Å². The van der Waals surface area contributed by atoms with Crippen molar-refractivity contribution in [3.63, 3.8) is 0 Å². The molecule has 3 N–H and O–H groups in total. The summed E-state index contributed by atoms with van der Waals surface area (Å²) in [6.45, 7) is 3.12. The molecule has 2 aromatic carbocycles. The van der Waals surface area contributed by atoms with E-state index in [0.717, 1.165) is 53.9 Å². The molecule has 0 aliphatic heterocycles. The van der Waals surface area contributed by atoms with E-state index in [4.69, 9.17) is 5.26 Å².